The van der Waals surface area contributed by atoms with E-state index < -0.39 is 10.9 Å². The summed E-state index contributed by atoms with van der Waals surface area (Å²) in [6.07, 6.45) is 3.48. The van der Waals surface area contributed by atoms with Gasteiger partial charge in [0.05, 0.1) is 18.3 Å². The van der Waals surface area contributed by atoms with Gasteiger partial charge in [-0.15, -0.1) is 0 Å². The molecule has 0 aliphatic heterocycles. The molecule has 21 heavy (non-hydrogen) atoms. The molecule has 7 heteroatoms. The van der Waals surface area contributed by atoms with Crippen molar-refractivity contribution in [2.45, 2.75) is 0 Å². The number of carbonyl (C=O) groups is 1. The predicted molar refractivity (Wildman–Crippen MR) is 72.7 cm³/mol. The average molecular weight is 289 g/mol. The SMILES string of the molecule is COc1cc(C=C[N+](=O)[O-])ccc1OC(=O)c1ccco1. The van der Waals surface area contributed by atoms with Crippen LogP contribution >= 0.6 is 0 Å². The maximum Gasteiger partial charge on any atom is 0.379 e. The van der Waals surface area contributed by atoms with Crippen LogP contribution in [0.3, 0.4) is 0 Å². The van der Waals surface area contributed by atoms with Crippen LogP contribution in [0.15, 0.2) is 47.2 Å². The first-order chi connectivity index (χ1) is 10.1. The summed E-state index contributed by atoms with van der Waals surface area (Å²) >= 11 is 0. The number of carbonyl (C=O) groups excluding carboxylic acids is 1. The fourth-order valence-corrected chi connectivity index (χ4v) is 1.56. The van der Waals surface area contributed by atoms with Gasteiger partial charge in [0.2, 0.25) is 12.0 Å². The van der Waals surface area contributed by atoms with E-state index in [1.807, 2.05) is 0 Å². The molecule has 1 aromatic heterocycles. The van der Waals surface area contributed by atoms with E-state index in [0.29, 0.717) is 5.56 Å². The maximum atomic E-state index is 11.8. The molecule has 0 amide bonds. The molecule has 0 saturated heterocycles. The van der Waals surface area contributed by atoms with Gasteiger partial charge in [-0.1, -0.05) is 6.07 Å². The highest BCUT2D eigenvalue weighted by Gasteiger charge is 2.14. The minimum atomic E-state index is -0.660. The zero-order valence-corrected chi connectivity index (χ0v) is 11.0. The molecule has 0 spiro atoms. The highest BCUT2D eigenvalue weighted by Crippen LogP contribution is 2.29. The highest BCUT2D eigenvalue weighted by atomic mass is 16.6. The lowest BCUT2D eigenvalue weighted by Gasteiger charge is -2.08. The van der Waals surface area contributed by atoms with Gasteiger partial charge in [0.25, 0.3) is 0 Å². The Morgan fingerprint density at radius 1 is 1.33 bits per heavy atom. The average Bonchev–Trinajstić information content (AvgIpc) is 3.00. The Labute approximate surface area is 119 Å². The molecular weight excluding hydrogens is 278 g/mol. The standard InChI is InChI=1S/C14H11NO6/c1-19-13-9-10(6-7-15(17)18)4-5-11(13)21-14(16)12-3-2-8-20-12/h2-9H,1H3. The van der Waals surface area contributed by atoms with Crippen molar-refractivity contribution in [3.05, 3.63) is 64.2 Å². The molecule has 7 nitrogen and oxygen atoms in total. The largest absolute Gasteiger partial charge is 0.493 e. The van der Waals surface area contributed by atoms with Crippen LogP contribution in [-0.2, 0) is 0 Å². The molecule has 2 rings (SSSR count). The molecular formula is C14H11NO6. The van der Waals surface area contributed by atoms with Gasteiger partial charge in [-0.2, -0.15) is 0 Å². The van der Waals surface area contributed by atoms with Gasteiger partial charge in [0.1, 0.15) is 0 Å². The van der Waals surface area contributed by atoms with E-state index in [2.05, 4.69) is 0 Å². The zero-order chi connectivity index (χ0) is 15.2. The van der Waals surface area contributed by atoms with E-state index in [4.69, 9.17) is 13.9 Å². The van der Waals surface area contributed by atoms with Crippen LogP contribution in [-0.4, -0.2) is 18.0 Å². The third-order valence-electron chi connectivity index (χ3n) is 2.50. The van der Waals surface area contributed by atoms with Crippen molar-refractivity contribution >= 4 is 12.0 Å². The predicted octanol–water partition coefficient (Wildman–Crippen LogP) is 2.75. The van der Waals surface area contributed by atoms with Crippen molar-refractivity contribution < 1.29 is 23.6 Å². The lowest BCUT2D eigenvalue weighted by atomic mass is 10.2. The van der Waals surface area contributed by atoms with Crippen LogP contribution in [0.4, 0.5) is 0 Å². The molecule has 0 saturated carbocycles. The summed E-state index contributed by atoms with van der Waals surface area (Å²) in [5.41, 5.74) is 0.543. The van der Waals surface area contributed by atoms with Gasteiger partial charge in [0.15, 0.2) is 11.5 Å². The van der Waals surface area contributed by atoms with E-state index in [1.54, 1.807) is 12.1 Å². The summed E-state index contributed by atoms with van der Waals surface area (Å²) in [5.74, 6) is -0.126. The first-order valence-electron chi connectivity index (χ1n) is 5.85. The zero-order valence-electron chi connectivity index (χ0n) is 11.0. The number of esters is 1. The van der Waals surface area contributed by atoms with Crippen LogP contribution in [0.1, 0.15) is 16.1 Å². The molecule has 0 N–H and O–H groups in total. The number of methoxy groups -OCH3 is 1. The van der Waals surface area contributed by atoms with Gasteiger partial charge in [-0.05, 0) is 29.8 Å². The molecule has 0 fully saturated rings. The van der Waals surface area contributed by atoms with E-state index in [-0.39, 0.29) is 17.3 Å². The van der Waals surface area contributed by atoms with E-state index in [1.165, 1.54) is 37.6 Å². The first kappa shape index (κ1) is 14.3. The van der Waals surface area contributed by atoms with Crippen LogP contribution in [0.5, 0.6) is 11.5 Å². The van der Waals surface area contributed by atoms with E-state index in [0.717, 1.165) is 6.20 Å². The van der Waals surface area contributed by atoms with Gasteiger partial charge in [-0.25, -0.2) is 4.79 Å². The highest BCUT2D eigenvalue weighted by molar-refractivity contribution is 5.88. The third-order valence-corrected chi connectivity index (χ3v) is 2.50. The molecule has 2 aromatic rings. The number of nitro groups is 1. The lowest BCUT2D eigenvalue weighted by molar-refractivity contribution is -0.400. The van der Waals surface area contributed by atoms with Crippen LogP contribution < -0.4 is 9.47 Å². The number of benzene rings is 1. The molecule has 0 bridgehead atoms. The number of rotatable bonds is 5. The molecule has 0 unspecified atom stereocenters. The summed E-state index contributed by atoms with van der Waals surface area (Å²) in [4.78, 5) is 21.5. The number of hydrogen-bond acceptors (Lipinski definition) is 6. The van der Waals surface area contributed by atoms with E-state index in [9.17, 15) is 14.9 Å². The molecule has 0 aliphatic rings. The van der Waals surface area contributed by atoms with Crippen molar-refractivity contribution in [3.8, 4) is 11.5 Å². The Morgan fingerprint density at radius 3 is 2.76 bits per heavy atom. The number of furan rings is 1. The normalized spacial score (nSPS) is 10.5. The molecule has 1 heterocycles. The number of ether oxygens (including phenoxy) is 2. The lowest BCUT2D eigenvalue weighted by Crippen LogP contribution is -2.08. The number of hydrogen-bond donors (Lipinski definition) is 0. The smallest absolute Gasteiger partial charge is 0.379 e. The molecule has 0 aliphatic carbocycles. The van der Waals surface area contributed by atoms with Crippen molar-refractivity contribution in [1.82, 2.24) is 0 Å². The summed E-state index contributed by atoms with van der Waals surface area (Å²) in [5, 5.41) is 10.3. The van der Waals surface area contributed by atoms with Crippen molar-refractivity contribution in [3.63, 3.8) is 0 Å². The van der Waals surface area contributed by atoms with Crippen molar-refractivity contribution in [2.24, 2.45) is 0 Å². The summed E-state index contributed by atoms with van der Waals surface area (Å²) in [6, 6.07) is 7.61. The Balaban J connectivity index is 2.20. The summed E-state index contributed by atoms with van der Waals surface area (Å²) < 4.78 is 15.2. The topological polar surface area (TPSA) is 91.8 Å². The van der Waals surface area contributed by atoms with E-state index >= 15 is 0 Å². The van der Waals surface area contributed by atoms with Crippen LogP contribution in [0.2, 0.25) is 0 Å². The fraction of sp³-hybridized carbons (Fsp3) is 0.0714. The first-order valence-corrected chi connectivity index (χ1v) is 5.85. The Morgan fingerprint density at radius 2 is 2.14 bits per heavy atom. The van der Waals surface area contributed by atoms with Crippen molar-refractivity contribution in [1.29, 1.82) is 0 Å². The fourth-order valence-electron chi connectivity index (χ4n) is 1.56. The van der Waals surface area contributed by atoms with Gasteiger partial charge in [-0.3, -0.25) is 10.1 Å². The molecule has 0 radical (unpaired) electrons. The monoisotopic (exact) mass is 289 g/mol. The maximum absolute atomic E-state index is 11.8. The van der Waals surface area contributed by atoms with Crippen molar-refractivity contribution in [2.75, 3.05) is 7.11 Å². The molecule has 0 atom stereocenters. The minimum Gasteiger partial charge on any atom is -0.493 e. The van der Waals surface area contributed by atoms with Gasteiger partial charge < -0.3 is 13.9 Å². The van der Waals surface area contributed by atoms with Gasteiger partial charge >= 0.3 is 5.97 Å². The second-order valence-corrected chi connectivity index (χ2v) is 3.88. The minimum absolute atomic E-state index is 0.0642. The van der Waals surface area contributed by atoms with Crippen LogP contribution in [0.25, 0.3) is 6.08 Å². The quantitative estimate of drug-likeness (QED) is 0.364. The van der Waals surface area contributed by atoms with Gasteiger partial charge in [0, 0.05) is 6.08 Å². The number of nitrogens with zero attached hydrogens (tertiary/aromatic N) is 1. The second kappa shape index (κ2) is 6.38. The summed E-state index contributed by atoms with van der Waals surface area (Å²) in [7, 11) is 1.40. The Kier molecular flexibility index (Phi) is 4.35. The molecule has 108 valence electrons. The van der Waals surface area contributed by atoms with Crippen LogP contribution in [0, 0.1) is 10.1 Å². The Hall–Kier alpha value is -3.09. The Bertz CT molecular complexity index is 675. The summed E-state index contributed by atoms with van der Waals surface area (Å²) in [6.45, 7) is 0. The second-order valence-electron chi connectivity index (χ2n) is 3.88. The third kappa shape index (κ3) is 3.69. The molecule has 1 aromatic carbocycles.